The summed E-state index contributed by atoms with van der Waals surface area (Å²) in [7, 11) is 1.81. The summed E-state index contributed by atoms with van der Waals surface area (Å²) in [5.74, 6) is 0.871. The molecule has 0 amide bonds. The number of aliphatic imine (C=N–C) groups is 1. The van der Waals surface area contributed by atoms with Crippen molar-refractivity contribution in [3.05, 3.63) is 29.8 Å². The first kappa shape index (κ1) is 13.4. The fourth-order valence-electron chi connectivity index (χ4n) is 3.31. The van der Waals surface area contributed by atoms with E-state index in [0.717, 1.165) is 44.6 Å². The first-order chi connectivity index (χ1) is 9.72. The lowest BCUT2D eigenvalue weighted by Crippen LogP contribution is -2.47. The number of hydrogen-bond donors (Lipinski definition) is 2. The highest BCUT2D eigenvalue weighted by Crippen LogP contribution is 2.30. The zero-order chi connectivity index (χ0) is 14.0. The first-order valence-electron chi connectivity index (χ1n) is 7.50. The molecule has 0 unspecified atom stereocenters. The number of anilines is 1. The van der Waals surface area contributed by atoms with E-state index in [9.17, 15) is 5.11 Å². The summed E-state index contributed by atoms with van der Waals surface area (Å²) in [5.41, 5.74) is 2.06. The van der Waals surface area contributed by atoms with Gasteiger partial charge in [0.25, 0.3) is 0 Å². The van der Waals surface area contributed by atoms with Crippen molar-refractivity contribution in [1.82, 2.24) is 5.32 Å². The van der Waals surface area contributed by atoms with E-state index in [-0.39, 0.29) is 0 Å². The number of nitrogens with one attached hydrogen (secondary N) is 1. The van der Waals surface area contributed by atoms with Crippen molar-refractivity contribution in [3.8, 4) is 0 Å². The minimum Gasteiger partial charge on any atom is -0.388 e. The molecule has 0 spiro atoms. The minimum absolute atomic E-state index is 0.546. The second-order valence-electron chi connectivity index (χ2n) is 5.86. The molecule has 0 radical (unpaired) electrons. The summed E-state index contributed by atoms with van der Waals surface area (Å²) in [4.78, 5) is 6.60. The van der Waals surface area contributed by atoms with Gasteiger partial charge in [-0.2, -0.15) is 0 Å². The molecule has 1 heterocycles. The first-order valence-corrected chi connectivity index (χ1v) is 7.50. The number of hydrogen-bond acceptors (Lipinski definition) is 2. The van der Waals surface area contributed by atoms with Crippen molar-refractivity contribution >= 4 is 11.6 Å². The molecule has 1 fully saturated rings. The fraction of sp³-hybridized carbons (Fsp3) is 0.562. The average molecular weight is 273 g/mol. The van der Waals surface area contributed by atoms with Crippen LogP contribution < -0.4 is 10.2 Å². The summed E-state index contributed by atoms with van der Waals surface area (Å²) in [5, 5.41) is 13.8. The molecule has 1 aliphatic carbocycles. The van der Waals surface area contributed by atoms with Gasteiger partial charge in [-0.15, -0.1) is 0 Å². The summed E-state index contributed by atoms with van der Waals surface area (Å²) in [6.07, 6.45) is 5.11. The molecule has 2 N–H and O–H groups in total. The number of fused-ring (bicyclic) bond motifs is 1. The van der Waals surface area contributed by atoms with E-state index in [4.69, 9.17) is 0 Å². The molecule has 0 saturated heterocycles. The van der Waals surface area contributed by atoms with Gasteiger partial charge < -0.3 is 15.3 Å². The number of nitrogens with zero attached hydrogens (tertiary/aromatic N) is 2. The van der Waals surface area contributed by atoms with Crippen molar-refractivity contribution in [1.29, 1.82) is 0 Å². The summed E-state index contributed by atoms with van der Waals surface area (Å²) in [6.45, 7) is 1.55. The minimum atomic E-state index is -0.546. The lowest BCUT2D eigenvalue weighted by Gasteiger charge is -2.27. The third-order valence-electron chi connectivity index (χ3n) is 4.46. The van der Waals surface area contributed by atoms with Crippen LogP contribution in [0.2, 0.25) is 0 Å². The molecular formula is C16H23N3O. The number of benzene rings is 1. The Morgan fingerprint density at radius 3 is 2.85 bits per heavy atom. The maximum absolute atomic E-state index is 10.4. The molecular weight excluding hydrogens is 250 g/mol. The molecule has 4 nitrogen and oxygen atoms in total. The van der Waals surface area contributed by atoms with Gasteiger partial charge in [-0.25, -0.2) is 0 Å². The molecule has 1 saturated carbocycles. The Hall–Kier alpha value is -1.55. The van der Waals surface area contributed by atoms with Crippen molar-refractivity contribution in [2.45, 2.75) is 37.7 Å². The van der Waals surface area contributed by atoms with Crippen LogP contribution in [0.25, 0.3) is 0 Å². The standard InChI is InChI=1S/C16H23N3O/c1-17-15(18-12-16(20)9-4-5-10-16)19-11-8-13-6-2-3-7-14(13)19/h2-3,6-7,20H,4-5,8-12H2,1H3,(H,17,18). The van der Waals surface area contributed by atoms with Crippen LogP contribution in [-0.2, 0) is 6.42 Å². The van der Waals surface area contributed by atoms with Gasteiger partial charge in [-0.05, 0) is 30.9 Å². The fourth-order valence-corrected chi connectivity index (χ4v) is 3.31. The van der Waals surface area contributed by atoms with Gasteiger partial charge in [0.1, 0.15) is 0 Å². The zero-order valence-corrected chi connectivity index (χ0v) is 12.1. The number of aliphatic hydroxyl groups is 1. The largest absolute Gasteiger partial charge is 0.388 e. The van der Waals surface area contributed by atoms with E-state index >= 15 is 0 Å². The molecule has 4 heteroatoms. The molecule has 1 aromatic rings. The van der Waals surface area contributed by atoms with Crippen molar-refractivity contribution < 1.29 is 5.11 Å². The molecule has 0 aromatic heterocycles. The second-order valence-corrected chi connectivity index (χ2v) is 5.86. The quantitative estimate of drug-likeness (QED) is 0.639. The van der Waals surface area contributed by atoms with Crippen molar-refractivity contribution in [2.24, 2.45) is 4.99 Å². The van der Waals surface area contributed by atoms with Gasteiger partial charge in [0.05, 0.1) is 5.60 Å². The lowest BCUT2D eigenvalue weighted by atomic mass is 10.0. The lowest BCUT2D eigenvalue weighted by molar-refractivity contribution is 0.0523. The van der Waals surface area contributed by atoms with Crippen LogP contribution in [0.1, 0.15) is 31.2 Å². The van der Waals surface area contributed by atoms with Gasteiger partial charge >= 0.3 is 0 Å². The Bertz CT molecular complexity index is 506. The third kappa shape index (κ3) is 2.52. The van der Waals surface area contributed by atoms with Crippen molar-refractivity contribution in [3.63, 3.8) is 0 Å². The van der Waals surface area contributed by atoms with Gasteiger partial charge in [-0.3, -0.25) is 4.99 Å². The highest BCUT2D eigenvalue weighted by molar-refractivity contribution is 5.97. The van der Waals surface area contributed by atoms with Crippen LogP contribution in [-0.4, -0.2) is 36.8 Å². The third-order valence-corrected chi connectivity index (χ3v) is 4.46. The van der Waals surface area contributed by atoms with E-state index in [1.165, 1.54) is 11.3 Å². The SMILES string of the molecule is CN=C(NCC1(O)CCCC1)N1CCc2ccccc21. The normalized spacial score (nSPS) is 21.1. The van der Waals surface area contributed by atoms with Crippen LogP contribution in [0.5, 0.6) is 0 Å². The topological polar surface area (TPSA) is 47.9 Å². The Balaban J connectivity index is 1.69. The maximum atomic E-state index is 10.4. The van der Waals surface area contributed by atoms with Crippen LogP contribution in [0, 0.1) is 0 Å². The predicted molar refractivity (Wildman–Crippen MR) is 82.3 cm³/mol. The van der Waals surface area contributed by atoms with Gasteiger partial charge in [0, 0.05) is 25.8 Å². The van der Waals surface area contributed by atoms with E-state index in [0.29, 0.717) is 6.54 Å². The maximum Gasteiger partial charge on any atom is 0.198 e. The second kappa shape index (κ2) is 5.44. The highest BCUT2D eigenvalue weighted by Gasteiger charge is 2.32. The van der Waals surface area contributed by atoms with E-state index in [1.807, 2.05) is 7.05 Å². The molecule has 3 rings (SSSR count). The molecule has 0 bridgehead atoms. The summed E-state index contributed by atoms with van der Waals surface area (Å²) in [6, 6.07) is 8.46. The van der Waals surface area contributed by atoms with E-state index in [2.05, 4.69) is 39.5 Å². The number of guanidine groups is 1. The van der Waals surface area contributed by atoms with Gasteiger partial charge in [0.2, 0.25) is 0 Å². The Morgan fingerprint density at radius 1 is 1.35 bits per heavy atom. The number of rotatable bonds is 2. The Labute approximate surface area is 120 Å². The number of para-hydroxylation sites is 1. The average Bonchev–Trinajstić information content (AvgIpc) is 3.07. The summed E-state index contributed by atoms with van der Waals surface area (Å²) >= 11 is 0. The van der Waals surface area contributed by atoms with Crippen LogP contribution in [0.15, 0.2) is 29.3 Å². The highest BCUT2D eigenvalue weighted by atomic mass is 16.3. The van der Waals surface area contributed by atoms with Crippen LogP contribution in [0.4, 0.5) is 5.69 Å². The van der Waals surface area contributed by atoms with E-state index < -0.39 is 5.60 Å². The van der Waals surface area contributed by atoms with Gasteiger partial charge in [0.15, 0.2) is 5.96 Å². The van der Waals surface area contributed by atoms with Crippen molar-refractivity contribution in [2.75, 3.05) is 25.0 Å². The van der Waals surface area contributed by atoms with Crippen LogP contribution in [0.3, 0.4) is 0 Å². The Kier molecular flexibility index (Phi) is 3.66. The summed E-state index contributed by atoms with van der Waals surface area (Å²) < 4.78 is 0. The molecule has 20 heavy (non-hydrogen) atoms. The van der Waals surface area contributed by atoms with E-state index in [1.54, 1.807) is 0 Å². The van der Waals surface area contributed by atoms with Gasteiger partial charge in [-0.1, -0.05) is 31.0 Å². The molecule has 108 valence electrons. The Morgan fingerprint density at radius 2 is 2.10 bits per heavy atom. The molecule has 2 aliphatic rings. The molecule has 1 aliphatic heterocycles. The predicted octanol–water partition coefficient (Wildman–Crippen LogP) is 1.93. The monoisotopic (exact) mass is 273 g/mol. The molecule has 0 atom stereocenters. The molecule has 1 aromatic carbocycles. The smallest absolute Gasteiger partial charge is 0.198 e. The van der Waals surface area contributed by atoms with Crippen LogP contribution >= 0.6 is 0 Å². The zero-order valence-electron chi connectivity index (χ0n) is 12.1.